The minimum absolute atomic E-state index is 0.560. The molecule has 0 bridgehead atoms. The Morgan fingerprint density at radius 2 is 2.50 bits per heavy atom. The molecule has 0 saturated carbocycles. The van der Waals surface area contributed by atoms with Gasteiger partial charge in [0, 0.05) is 12.0 Å². The second-order valence-electron chi connectivity index (χ2n) is 4.10. The summed E-state index contributed by atoms with van der Waals surface area (Å²) < 4.78 is 5.32. The Labute approximate surface area is 85.7 Å². The molecular formula is C10H17BN2O. The number of aromatic nitrogens is 1. The fraction of sp³-hybridized carbons (Fsp3) is 0.700. The summed E-state index contributed by atoms with van der Waals surface area (Å²) in [5.74, 6) is 1.63. The SMILES string of the molecule is CBN1CCCC(c2cc(C)no2)C1. The van der Waals surface area contributed by atoms with E-state index in [4.69, 9.17) is 4.52 Å². The molecule has 3 nitrogen and oxygen atoms in total. The monoisotopic (exact) mass is 192 g/mol. The van der Waals surface area contributed by atoms with Gasteiger partial charge in [-0.2, -0.15) is 0 Å². The van der Waals surface area contributed by atoms with Crippen molar-refractivity contribution in [2.75, 3.05) is 13.1 Å². The normalized spacial score (nSPS) is 23.7. The first-order valence-electron chi connectivity index (χ1n) is 5.45. The van der Waals surface area contributed by atoms with Crippen molar-refractivity contribution in [3.8, 4) is 0 Å². The van der Waals surface area contributed by atoms with Crippen molar-refractivity contribution in [3.05, 3.63) is 17.5 Å². The summed E-state index contributed by atoms with van der Waals surface area (Å²) in [5.41, 5.74) is 0.994. The van der Waals surface area contributed by atoms with Gasteiger partial charge in [-0.25, -0.2) is 0 Å². The number of aryl methyl sites for hydroxylation is 1. The highest BCUT2D eigenvalue weighted by molar-refractivity contribution is 6.29. The molecule has 76 valence electrons. The van der Waals surface area contributed by atoms with Crippen LogP contribution < -0.4 is 0 Å². The first-order chi connectivity index (χ1) is 6.79. The molecule has 0 N–H and O–H groups in total. The van der Waals surface area contributed by atoms with E-state index in [9.17, 15) is 0 Å². The molecule has 14 heavy (non-hydrogen) atoms. The molecule has 2 heterocycles. The molecule has 1 aromatic heterocycles. The summed E-state index contributed by atoms with van der Waals surface area (Å²) in [7, 11) is 1.14. The average Bonchev–Trinajstić information content (AvgIpc) is 2.65. The Balaban J connectivity index is 2.04. The van der Waals surface area contributed by atoms with E-state index < -0.39 is 0 Å². The number of rotatable bonds is 2. The third-order valence-corrected chi connectivity index (χ3v) is 3.00. The quantitative estimate of drug-likeness (QED) is 0.666. The largest absolute Gasteiger partial charge is 0.361 e. The van der Waals surface area contributed by atoms with Crippen molar-refractivity contribution in [3.63, 3.8) is 0 Å². The van der Waals surface area contributed by atoms with Crippen LogP contribution in [0.25, 0.3) is 0 Å². The van der Waals surface area contributed by atoms with E-state index in [-0.39, 0.29) is 0 Å². The van der Waals surface area contributed by atoms with Gasteiger partial charge in [0.15, 0.2) is 0 Å². The van der Waals surface area contributed by atoms with Crippen LogP contribution in [0.15, 0.2) is 10.6 Å². The summed E-state index contributed by atoms with van der Waals surface area (Å²) in [5, 5.41) is 3.95. The second-order valence-corrected chi connectivity index (χ2v) is 4.10. The van der Waals surface area contributed by atoms with E-state index in [1.165, 1.54) is 19.4 Å². The lowest BCUT2D eigenvalue weighted by Gasteiger charge is -2.30. The molecule has 1 aliphatic rings. The maximum Gasteiger partial charge on any atom is 0.201 e. The highest BCUT2D eigenvalue weighted by atomic mass is 16.5. The van der Waals surface area contributed by atoms with E-state index in [2.05, 4.69) is 22.9 Å². The van der Waals surface area contributed by atoms with Gasteiger partial charge >= 0.3 is 0 Å². The van der Waals surface area contributed by atoms with Crippen molar-refractivity contribution in [2.24, 2.45) is 0 Å². The lowest BCUT2D eigenvalue weighted by molar-refractivity contribution is 0.274. The molecule has 0 radical (unpaired) electrons. The van der Waals surface area contributed by atoms with Gasteiger partial charge in [0.2, 0.25) is 7.41 Å². The van der Waals surface area contributed by atoms with Crippen LogP contribution in [-0.4, -0.2) is 30.5 Å². The zero-order chi connectivity index (χ0) is 9.97. The summed E-state index contributed by atoms with van der Waals surface area (Å²) in [6, 6.07) is 2.07. The zero-order valence-electron chi connectivity index (χ0n) is 8.99. The van der Waals surface area contributed by atoms with Crippen LogP contribution >= 0.6 is 0 Å². The average molecular weight is 192 g/mol. The Kier molecular flexibility index (Phi) is 2.92. The molecule has 0 aromatic carbocycles. The maximum atomic E-state index is 5.32. The van der Waals surface area contributed by atoms with E-state index >= 15 is 0 Å². The van der Waals surface area contributed by atoms with Crippen molar-refractivity contribution in [2.45, 2.75) is 32.5 Å². The predicted octanol–water partition coefficient (Wildman–Crippen LogP) is 1.56. The van der Waals surface area contributed by atoms with Gasteiger partial charge in [-0.15, -0.1) is 0 Å². The molecule has 0 spiro atoms. The number of hydrogen-bond donors (Lipinski definition) is 0. The van der Waals surface area contributed by atoms with Gasteiger partial charge in [-0.3, -0.25) is 0 Å². The molecule has 1 unspecified atom stereocenters. The van der Waals surface area contributed by atoms with E-state index in [0.717, 1.165) is 25.4 Å². The van der Waals surface area contributed by atoms with Gasteiger partial charge in [-0.05, 0) is 32.9 Å². The maximum absolute atomic E-state index is 5.32. The van der Waals surface area contributed by atoms with Crippen LogP contribution in [0.3, 0.4) is 0 Å². The minimum atomic E-state index is 0.560. The Morgan fingerprint density at radius 3 is 3.14 bits per heavy atom. The van der Waals surface area contributed by atoms with Crippen molar-refractivity contribution >= 4 is 7.41 Å². The molecule has 2 rings (SSSR count). The third kappa shape index (κ3) is 2.00. The molecule has 4 heteroatoms. The van der Waals surface area contributed by atoms with Crippen molar-refractivity contribution < 1.29 is 4.52 Å². The third-order valence-electron chi connectivity index (χ3n) is 3.00. The van der Waals surface area contributed by atoms with Gasteiger partial charge < -0.3 is 9.33 Å². The highest BCUT2D eigenvalue weighted by Crippen LogP contribution is 2.26. The van der Waals surface area contributed by atoms with Gasteiger partial charge in [0.1, 0.15) is 5.76 Å². The Hall–Kier alpha value is -0.765. The van der Waals surface area contributed by atoms with E-state index in [1.54, 1.807) is 0 Å². The molecular weight excluding hydrogens is 175 g/mol. The van der Waals surface area contributed by atoms with Gasteiger partial charge in [0.25, 0.3) is 0 Å². The van der Waals surface area contributed by atoms with E-state index in [1.807, 2.05) is 6.92 Å². The van der Waals surface area contributed by atoms with Crippen LogP contribution in [0, 0.1) is 6.92 Å². The second kappa shape index (κ2) is 4.17. The summed E-state index contributed by atoms with van der Waals surface area (Å²) in [6.07, 6.45) is 2.52. The summed E-state index contributed by atoms with van der Waals surface area (Å²) >= 11 is 0. The summed E-state index contributed by atoms with van der Waals surface area (Å²) in [6.45, 7) is 6.56. The molecule has 1 saturated heterocycles. The fourth-order valence-corrected chi connectivity index (χ4v) is 2.15. The first kappa shape index (κ1) is 9.78. The van der Waals surface area contributed by atoms with Crippen LogP contribution in [0.4, 0.5) is 0 Å². The van der Waals surface area contributed by atoms with Crippen LogP contribution in [0.2, 0.25) is 6.82 Å². The lowest BCUT2D eigenvalue weighted by atomic mass is 9.87. The first-order valence-corrected chi connectivity index (χ1v) is 5.45. The smallest absolute Gasteiger partial charge is 0.201 e. The fourth-order valence-electron chi connectivity index (χ4n) is 2.15. The zero-order valence-corrected chi connectivity index (χ0v) is 8.99. The summed E-state index contributed by atoms with van der Waals surface area (Å²) in [4.78, 5) is 2.48. The van der Waals surface area contributed by atoms with Crippen LogP contribution in [-0.2, 0) is 0 Å². The van der Waals surface area contributed by atoms with Crippen molar-refractivity contribution in [1.29, 1.82) is 0 Å². The number of hydrogen-bond acceptors (Lipinski definition) is 3. The number of piperidine rings is 1. The predicted molar refractivity (Wildman–Crippen MR) is 57.8 cm³/mol. The molecule has 1 atom stereocenters. The number of nitrogens with zero attached hydrogens (tertiary/aromatic N) is 2. The topological polar surface area (TPSA) is 29.3 Å². The standard InChI is InChI=1S/C10H17BN2O/c1-8-6-10(14-12-8)9-4-3-5-13(7-9)11-2/h6,9,11H,3-5,7H2,1-2H3. The molecule has 1 fully saturated rings. The van der Waals surface area contributed by atoms with Crippen molar-refractivity contribution in [1.82, 2.24) is 9.97 Å². The van der Waals surface area contributed by atoms with Crippen LogP contribution in [0.1, 0.15) is 30.2 Å². The Morgan fingerprint density at radius 1 is 1.64 bits per heavy atom. The molecule has 0 aliphatic carbocycles. The van der Waals surface area contributed by atoms with Gasteiger partial charge in [0.05, 0.1) is 5.69 Å². The Bertz CT molecular complexity index is 300. The lowest BCUT2D eigenvalue weighted by Crippen LogP contribution is -2.35. The van der Waals surface area contributed by atoms with Crippen LogP contribution in [0.5, 0.6) is 0 Å². The minimum Gasteiger partial charge on any atom is -0.361 e. The molecule has 1 aliphatic heterocycles. The molecule has 1 aromatic rings. The molecule has 0 amide bonds. The van der Waals surface area contributed by atoms with E-state index in [0.29, 0.717) is 5.92 Å². The highest BCUT2D eigenvalue weighted by Gasteiger charge is 2.23. The van der Waals surface area contributed by atoms with Gasteiger partial charge in [-0.1, -0.05) is 12.0 Å².